The molecule has 2 heterocycles. The summed E-state index contributed by atoms with van der Waals surface area (Å²) < 4.78 is 0. The van der Waals surface area contributed by atoms with Gasteiger partial charge in [-0.2, -0.15) is 11.3 Å². The number of thiophene rings is 1. The number of nitrogens with zero attached hydrogens (tertiary/aromatic N) is 2. The number of guanidine groups is 1. The van der Waals surface area contributed by atoms with Crippen LogP contribution in [-0.4, -0.2) is 23.8 Å². The SMILES string of the molecule is CN1C(=O)C(Cc2ccsc2)(c2ccccc2)N=C1N. The molecule has 0 fully saturated rings. The minimum absolute atomic E-state index is 0.0765. The number of carbonyl (C=O) groups excluding carboxylic acids is 1. The molecule has 4 nitrogen and oxygen atoms in total. The number of aliphatic imine (C=N–C) groups is 1. The fourth-order valence-corrected chi connectivity index (χ4v) is 3.18. The van der Waals surface area contributed by atoms with Crippen LogP contribution in [0.15, 0.2) is 52.2 Å². The van der Waals surface area contributed by atoms with E-state index in [1.165, 1.54) is 4.90 Å². The Hall–Kier alpha value is -2.14. The highest BCUT2D eigenvalue weighted by Crippen LogP contribution is 2.36. The van der Waals surface area contributed by atoms with E-state index in [-0.39, 0.29) is 11.9 Å². The lowest BCUT2D eigenvalue weighted by atomic mass is 9.84. The van der Waals surface area contributed by atoms with E-state index in [0.29, 0.717) is 6.42 Å². The van der Waals surface area contributed by atoms with Crippen molar-refractivity contribution < 1.29 is 4.79 Å². The Bertz CT molecular complexity index is 651. The lowest BCUT2D eigenvalue weighted by Gasteiger charge is -2.25. The average Bonchev–Trinajstić information content (AvgIpc) is 3.05. The summed E-state index contributed by atoms with van der Waals surface area (Å²) in [6.45, 7) is 0. The van der Waals surface area contributed by atoms with Gasteiger partial charge in [-0.05, 0) is 28.0 Å². The van der Waals surface area contributed by atoms with E-state index in [2.05, 4.69) is 4.99 Å². The lowest BCUT2D eigenvalue weighted by Crippen LogP contribution is -2.41. The van der Waals surface area contributed by atoms with Gasteiger partial charge < -0.3 is 5.73 Å². The molecule has 2 N–H and O–H groups in total. The van der Waals surface area contributed by atoms with Crippen LogP contribution in [0.3, 0.4) is 0 Å². The van der Waals surface area contributed by atoms with Crippen molar-refractivity contribution >= 4 is 23.2 Å². The minimum atomic E-state index is -0.929. The third-order valence-electron chi connectivity index (χ3n) is 3.60. The van der Waals surface area contributed by atoms with Crippen molar-refractivity contribution in [1.29, 1.82) is 0 Å². The normalized spacial score (nSPS) is 22.1. The molecule has 0 saturated heterocycles. The predicted molar refractivity (Wildman–Crippen MR) is 80.5 cm³/mol. The molecule has 5 heteroatoms. The van der Waals surface area contributed by atoms with Crippen LogP contribution >= 0.6 is 11.3 Å². The van der Waals surface area contributed by atoms with Gasteiger partial charge in [0.15, 0.2) is 11.5 Å². The zero-order valence-corrected chi connectivity index (χ0v) is 11.9. The molecular formula is C15H15N3OS. The standard InChI is InChI=1S/C15H15N3OS/c1-18-13(19)15(17-14(18)16,9-11-7-8-20-10-11)12-5-3-2-4-6-12/h2-8,10H,9H2,1H3,(H2,16,17). The molecule has 1 amide bonds. The van der Waals surface area contributed by atoms with E-state index in [1.807, 2.05) is 47.2 Å². The molecule has 1 aliphatic rings. The van der Waals surface area contributed by atoms with Crippen molar-refractivity contribution in [2.45, 2.75) is 12.0 Å². The Balaban J connectivity index is 2.12. The number of hydrogen-bond donors (Lipinski definition) is 1. The summed E-state index contributed by atoms with van der Waals surface area (Å²) >= 11 is 1.62. The molecule has 0 radical (unpaired) electrons. The molecule has 102 valence electrons. The van der Waals surface area contributed by atoms with Crippen LogP contribution in [0.25, 0.3) is 0 Å². The molecular weight excluding hydrogens is 270 g/mol. The maximum absolute atomic E-state index is 12.7. The van der Waals surface area contributed by atoms with Gasteiger partial charge in [-0.15, -0.1) is 0 Å². The average molecular weight is 285 g/mol. The van der Waals surface area contributed by atoms with Gasteiger partial charge in [-0.3, -0.25) is 9.69 Å². The minimum Gasteiger partial charge on any atom is -0.369 e. The molecule has 0 spiro atoms. The first-order chi connectivity index (χ1) is 9.63. The van der Waals surface area contributed by atoms with Crippen LogP contribution in [0.2, 0.25) is 0 Å². The highest BCUT2D eigenvalue weighted by atomic mass is 32.1. The summed E-state index contributed by atoms with van der Waals surface area (Å²) in [5, 5.41) is 4.05. The molecule has 1 aromatic carbocycles. The van der Waals surface area contributed by atoms with Crippen LogP contribution in [0, 0.1) is 0 Å². The lowest BCUT2D eigenvalue weighted by molar-refractivity contribution is -0.130. The number of amides is 1. The summed E-state index contributed by atoms with van der Waals surface area (Å²) in [5.41, 5.74) is 6.91. The van der Waals surface area contributed by atoms with Crippen molar-refractivity contribution in [1.82, 2.24) is 4.90 Å². The summed E-state index contributed by atoms with van der Waals surface area (Å²) in [5.74, 6) is 0.196. The molecule has 1 aromatic heterocycles. The van der Waals surface area contributed by atoms with Crippen LogP contribution in [0.4, 0.5) is 0 Å². The number of rotatable bonds is 3. The highest BCUT2D eigenvalue weighted by molar-refractivity contribution is 7.07. The number of carbonyl (C=O) groups is 1. The van der Waals surface area contributed by atoms with Crippen molar-refractivity contribution in [3.8, 4) is 0 Å². The van der Waals surface area contributed by atoms with Gasteiger partial charge in [0.25, 0.3) is 5.91 Å². The Labute approximate surface area is 121 Å². The summed E-state index contributed by atoms with van der Waals surface area (Å²) in [4.78, 5) is 18.6. The second kappa shape index (κ2) is 4.76. The molecule has 20 heavy (non-hydrogen) atoms. The van der Waals surface area contributed by atoms with Crippen LogP contribution in [-0.2, 0) is 16.8 Å². The summed E-state index contributed by atoms with van der Waals surface area (Å²) in [6.07, 6.45) is 0.532. The number of nitrogens with two attached hydrogens (primary N) is 1. The Morgan fingerprint density at radius 3 is 2.60 bits per heavy atom. The quantitative estimate of drug-likeness (QED) is 0.937. The van der Waals surface area contributed by atoms with E-state index >= 15 is 0 Å². The number of hydrogen-bond acceptors (Lipinski definition) is 4. The fourth-order valence-electron chi connectivity index (χ4n) is 2.51. The Kier molecular flexibility index (Phi) is 3.06. The second-order valence-electron chi connectivity index (χ2n) is 4.87. The van der Waals surface area contributed by atoms with Crippen LogP contribution in [0.1, 0.15) is 11.1 Å². The maximum Gasteiger partial charge on any atom is 0.262 e. The number of benzene rings is 1. The van der Waals surface area contributed by atoms with Crippen molar-refractivity contribution in [3.05, 3.63) is 58.3 Å². The molecule has 1 aliphatic heterocycles. The molecule has 0 saturated carbocycles. The van der Waals surface area contributed by atoms with Crippen molar-refractivity contribution in [3.63, 3.8) is 0 Å². The largest absolute Gasteiger partial charge is 0.369 e. The van der Waals surface area contributed by atoms with E-state index in [4.69, 9.17) is 5.73 Å². The smallest absolute Gasteiger partial charge is 0.262 e. The van der Waals surface area contributed by atoms with Gasteiger partial charge in [0.05, 0.1) is 0 Å². The molecule has 2 aromatic rings. The highest BCUT2D eigenvalue weighted by Gasteiger charge is 2.47. The van der Waals surface area contributed by atoms with Gasteiger partial charge in [-0.25, -0.2) is 4.99 Å². The first-order valence-corrected chi connectivity index (χ1v) is 7.28. The summed E-state index contributed by atoms with van der Waals surface area (Å²) in [6, 6.07) is 11.6. The van der Waals surface area contributed by atoms with E-state index in [9.17, 15) is 4.79 Å². The Morgan fingerprint density at radius 1 is 1.30 bits per heavy atom. The van der Waals surface area contributed by atoms with Crippen molar-refractivity contribution in [2.75, 3.05) is 7.05 Å². The number of likely N-dealkylation sites (N-methyl/N-ethyl adjacent to an activating group) is 1. The van der Waals surface area contributed by atoms with E-state index in [0.717, 1.165) is 11.1 Å². The van der Waals surface area contributed by atoms with Gasteiger partial charge in [0.1, 0.15) is 0 Å². The molecule has 0 bridgehead atoms. The first-order valence-electron chi connectivity index (χ1n) is 6.33. The van der Waals surface area contributed by atoms with Crippen LogP contribution < -0.4 is 5.73 Å². The zero-order chi connectivity index (χ0) is 14.2. The van der Waals surface area contributed by atoms with Crippen molar-refractivity contribution in [2.24, 2.45) is 10.7 Å². The topological polar surface area (TPSA) is 58.7 Å². The predicted octanol–water partition coefficient (Wildman–Crippen LogP) is 1.97. The molecule has 1 atom stereocenters. The maximum atomic E-state index is 12.7. The third-order valence-corrected chi connectivity index (χ3v) is 4.33. The van der Waals surface area contributed by atoms with Crippen LogP contribution in [0.5, 0.6) is 0 Å². The zero-order valence-electron chi connectivity index (χ0n) is 11.1. The van der Waals surface area contributed by atoms with Gasteiger partial charge >= 0.3 is 0 Å². The van der Waals surface area contributed by atoms with Gasteiger partial charge in [-0.1, -0.05) is 30.3 Å². The Morgan fingerprint density at radius 2 is 2.05 bits per heavy atom. The summed E-state index contributed by atoms with van der Waals surface area (Å²) in [7, 11) is 1.67. The first kappa shape index (κ1) is 12.9. The fraction of sp³-hybridized carbons (Fsp3) is 0.200. The molecule has 0 aliphatic carbocycles. The van der Waals surface area contributed by atoms with E-state index < -0.39 is 5.54 Å². The monoisotopic (exact) mass is 285 g/mol. The van der Waals surface area contributed by atoms with E-state index in [1.54, 1.807) is 18.4 Å². The van der Waals surface area contributed by atoms with Gasteiger partial charge in [0.2, 0.25) is 0 Å². The van der Waals surface area contributed by atoms with Gasteiger partial charge in [0, 0.05) is 13.5 Å². The molecule has 3 rings (SSSR count). The third kappa shape index (κ3) is 1.91. The second-order valence-corrected chi connectivity index (χ2v) is 5.65. The molecule has 1 unspecified atom stereocenters.